The van der Waals surface area contributed by atoms with Crippen molar-refractivity contribution in [2.45, 2.75) is 31.9 Å². The summed E-state index contributed by atoms with van der Waals surface area (Å²) >= 11 is 0. The highest BCUT2D eigenvalue weighted by Gasteiger charge is 2.23. The van der Waals surface area contributed by atoms with Gasteiger partial charge in [0, 0.05) is 6.42 Å². The van der Waals surface area contributed by atoms with Gasteiger partial charge >= 0.3 is 5.97 Å². The molecule has 1 heterocycles. The number of nitrogens with one attached hydrogen (secondary N) is 1. The standard InChI is InChI=1S/C10H18FNO2/c1-14-10(13)3-2-8-4-6-12-7-5-9(8)11/h8-9,12H,2-7H2,1H3. The van der Waals surface area contributed by atoms with Crippen molar-refractivity contribution in [1.29, 1.82) is 0 Å². The third-order valence-corrected chi connectivity index (χ3v) is 2.75. The van der Waals surface area contributed by atoms with E-state index in [1.165, 1.54) is 7.11 Å². The van der Waals surface area contributed by atoms with Crippen LogP contribution in [0.4, 0.5) is 4.39 Å². The lowest BCUT2D eigenvalue weighted by Gasteiger charge is -2.16. The Balaban J connectivity index is 2.29. The number of carbonyl (C=O) groups is 1. The third-order valence-electron chi connectivity index (χ3n) is 2.75. The highest BCUT2D eigenvalue weighted by atomic mass is 19.1. The number of rotatable bonds is 3. The fourth-order valence-corrected chi connectivity index (χ4v) is 1.80. The molecule has 2 unspecified atom stereocenters. The average molecular weight is 203 g/mol. The van der Waals surface area contributed by atoms with Crippen LogP contribution in [-0.2, 0) is 9.53 Å². The summed E-state index contributed by atoms with van der Waals surface area (Å²) in [7, 11) is 1.36. The van der Waals surface area contributed by atoms with Gasteiger partial charge in [-0.25, -0.2) is 4.39 Å². The molecule has 0 bridgehead atoms. The SMILES string of the molecule is COC(=O)CCC1CCNCCC1F. The van der Waals surface area contributed by atoms with Gasteiger partial charge in [-0.3, -0.25) is 4.79 Å². The second-order valence-corrected chi connectivity index (χ2v) is 3.72. The molecule has 0 aromatic heterocycles. The van der Waals surface area contributed by atoms with E-state index in [4.69, 9.17) is 0 Å². The molecule has 0 saturated carbocycles. The van der Waals surface area contributed by atoms with Crippen LogP contribution in [0.25, 0.3) is 0 Å². The maximum Gasteiger partial charge on any atom is 0.305 e. The lowest BCUT2D eigenvalue weighted by molar-refractivity contribution is -0.141. The van der Waals surface area contributed by atoms with E-state index < -0.39 is 6.17 Å². The summed E-state index contributed by atoms with van der Waals surface area (Å²) in [5, 5.41) is 3.15. The number of halogens is 1. The molecular weight excluding hydrogens is 185 g/mol. The first-order valence-electron chi connectivity index (χ1n) is 5.15. The smallest absolute Gasteiger partial charge is 0.305 e. The van der Waals surface area contributed by atoms with E-state index >= 15 is 0 Å². The molecule has 82 valence electrons. The van der Waals surface area contributed by atoms with Crippen molar-refractivity contribution in [2.24, 2.45) is 5.92 Å². The molecule has 14 heavy (non-hydrogen) atoms. The summed E-state index contributed by atoms with van der Waals surface area (Å²) in [5.41, 5.74) is 0. The molecule has 0 aliphatic carbocycles. The van der Waals surface area contributed by atoms with Crippen molar-refractivity contribution in [2.75, 3.05) is 20.2 Å². The van der Waals surface area contributed by atoms with E-state index in [2.05, 4.69) is 10.1 Å². The van der Waals surface area contributed by atoms with Gasteiger partial charge in [0.15, 0.2) is 0 Å². The van der Waals surface area contributed by atoms with Crippen molar-refractivity contribution >= 4 is 5.97 Å². The number of hydrogen-bond acceptors (Lipinski definition) is 3. The van der Waals surface area contributed by atoms with Crippen molar-refractivity contribution < 1.29 is 13.9 Å². The van der Waals surface area contributed by atoms with E-state index in [-0.39, 0.29) is 11.9 Å². The molecule has 0 amide bonds. The maximum absolute atomic E-state index is 13.5. The van der Waals surface area contributed by atoms with Gasteiger partial charge in [0.1, 0.15) is 6.17 Å². The Morgan fingerprint density at radius 1 is 1.50 bits per heavy atom. The zero-order valence-electron chi connectivity index (χ0n) is 8.59. The zero-order valence-corrected chi connectivity index (χ0v) is 8.59. The highest BCUT2D eigenvalue weighted by molar-refractivity contribution is 5.69. The monoisotopic (exact) mass is 203 g/mol. The van der Waals surface area contributed by atoms with Crippen LogP contribution in [0.2, 0.25) is 0 Å². The molecule has 4 heteroatoms. The maximum atomic E-state index is 13.5. The Hall–Kier alpha value is -0.640. The first kappa shape index (κ1) is 11.4. The minimum absolute atomic E-state index is 0.0177. The number of ether oxygens (including phenoxy) is 1. The van der Waals surface area contributed by atoms with Gasteiger partial charge in [0.2, 0.25) is 0 Å². The van der Waals surface area contributed by atoms with Gasteiger partial charge in [-0.05, 0) is 38.3 Å². The molecular formula is C10H18FNO2. The summed E-state index contributed by atoms with van der Waals surface area (Å²) in [5.74, 6) is -0.224. The van der Waals surface area contributed by atoms with Crippen LogP contribution in [-0.4, -0.2) is 32.3 Å². The van der Waals surface area contributed by atoms with Gasteiger partial charge in [-0.2, -0.15) is 0 Å². The van der Waals surface area contributed by atoms with Crippen LogP contribution in [0.15, 0.2) is 0 Å². The van der Waals surface area contributed by atoms with Crippen molar-refractivity contribution in [3.8, 4) is 0 Å². The topological polar surface area (TPSA) is 38.3 Å². The number of esters is 1. The van der Waals surface area contributed by atoms with Crippen LogP contribution >= 0.6 is 0 Å². The number of methoxy groups -OCH3 is 1. The molecule has 1 rings (SSSR count). The largest absolute Gasteiger partial charge is 0.469 e. The third kappa shape index (κ3) is 3.62. The normalized spacial score (nSPS) is 28.1. The first-order valence-corrected chi connectivity index (χ1v) is 5.15. The van der Waals surface area contributed by atoms with Crippen molar-refractivity contribution in [3.63, 3.8) is 0 Å². The fourth-order valence-electron chi connectivity index (χ4n) is 1.80. The van der Waals surface area contributed by atoms with Crippen LogP contribution in [0.5, 0.6) is 0 Å². The fraction of sp³-hybridized carbons (Fsp3) is 0.900. The van der Waals surface area contributed by atoms with E-state index in [0.717, 1.165) is 19.5 Å². The molecule has 1 aliphatic rings. The Kier molecular flexibility index (Phi) is 4.87. The average Bonchev–Trinajstić information content (AvgIpc) is 2.39. The van der Waals surface area contributed by atoms with E-state index in [1.807, 2.05) is 0 Å². The second-order valence-electron chi connectivity index (χ2n) is 3.72. The Morgan fingerprint density at radius 2 is 2.21 bits per heavy atom. The molecule has 0 aromatic carbocycles. The minimum atomic E-state index is -0.769. The summed E-state index contributed by atoms with van der Waals surface area (Å²) in [4.78, 5) is 10.9. The number of hydrogen-bond donors (Lipinski definition) is 1. The summed E-state index contributed by atoms with van der Waals surface area (Å²) in [6, 6.07) is 0. The van der Waals surface area contributed by atoms with Crippen LogP contribution in [0, 0.1) is 5.92 Å². The summed E-state index contributed by atoms with van der Waals surface area (Å²) < 4.78 is 18.0. The Bertz CT molecular complexity index is 187. The highest BCUT2D eigenvalue weighted by Crippen LogP contribution is 2.22. The van der Waals surface area contributed by atoms with E-state index in [0.29, 0.717) is 19.3 Å². The van der Waals surface area contributed by atoms with Gasteiger partial charge in [0.05, 0.1) is 7.11 Å². The van der Waals surface area contributed by atoms with Crippen LogP contribution in [0.1, 0.15) is 25.7 Å². The summed E-state index contributed by atoms with van der Waals surface area (Å²) in [6.07, 6.45) is 1.55. The van der Waals surface area contributed by atoms with Crippen molar-refractivity contribution in [1.82, 2.24) is 5.32 Å². The predicted octanol–water partition coefficient (Wildman–Crippen LogP) is 1.28. The van der Waals surface area contributed by atoms with Gasteiger partial charge in [-0.15, -0.1) is 0 Å². The number of alkyl halides is 1. The Morgan fingerprint density at radius 3 is 2.93 bits per heavy atom. The lowest BCUT2D eigenvalue weighted by Crippen LogP contribution is -2.17. The molecule has 0 radical (unpaired) electrons. The zero-order chi connectivity index (χ0) is 10.4. The van der Waals surface area contributed by atoms with Gasteiger partial charge in [0.25, 0.3) is 0 Å². The molecule has 2 atom stereocenters. The molecule has 3 nitrogen and oxygen atoms in total. The predicted molar refractivity (Wildman–Crippen MR) is 51.7 cm³/mol. The molecule has 0 spiro atoms. The minimum Gasteiger partial charge on any atom is -0.469 e. The van der Waals surface area contributed by atoms with Gasteiger partial charge < -0.3 is 10.1 Å². The quantitative estimate of drug-likeness (QED) is 0.702. The molecule has 0 aromatic rings. The summed E-state index contributed by atoms with van der Waals surface area (Å²) in [6.45, 7) is 1.60. The van der Waals surface area contributed by atoms with Crippen LogP contribution in [0.3, 0.4) is 0 Å². The first-order chi connectivity index (χ1) is 6.74. The lowest BCUT2D eigenvalue weighted by atomic mass is 9.93. The molecule has 1 saturated heterocycles. The van der Waals surface area contributed by atoms with Crippen molar-refractivity contribution in [3.05, 3.63) is 0 Å². The van der Waals surface area contributed by atoms with E-state index in [1.54, 1.807) is 0 Å². The van der Waals surface area contributed by atoms with E-state index in [9.17, 15) is 9.18 Å². The molecule has 1 fully saturated rings. The second kappa shape index (κ2) is 5.96. The molecule has 1 aliphatic heterocycles. The van der Waals surface area contributed by atoms with Gasteiger partial charge in [-0.1, -0.05) is 0 Å². The molecule has 1 N–H and O–H groups in total. The number of carbonyl (C=O) groups excluding carboxylic acids is 1. The Labute approximate surface area is 84.0 Å². The van der Waals surface area contributed by atoms with Crippen LogP contribution < -0.4 is 5.32 Å².